The Labute approximate surface area is 210 Å². The minimum absolute atomic E-state index is 0.124. The quantitative estimate of drug-likeness (QED) is 0.0746. The number of hydrogen-bond acceptors (Lipinski definition) is 4. The summed E-state index contributed by atoms with van der Waals surface area (Å²) >= 11 is 0. The maximum Gasteiger partial charge on any atom is 0.306 e. The summed E-state index contributed by atoms with van der Waals surface area (Å²) in [4.78, 5) is 23.5. The third-order valence-corrected chi connectivity index (χ3v) is 5.89. The molecule has 0 fully saturated rings. The van der Waals surface area contributed by atoms with Gasteiger partial charge in [-0.25, -0.2) is 0 Å². The van der Waals surface area contributed by atoms with Crippen LogP contribution < -0.4 is 0 Å². The van der Waals surface area contributed by atoms with Crippen LogP contribution in [0.4, 0.5) is 0 Å². The lowest BCUT2D eigenvalue weighted by molar-refractivity contribution is -0.150. The van der Waals surface area contributed by atoms with Crippen LogP contribution >= 0.6 is 0 Å². The Morgan fingerprint density at radius 3 is 1.15 bits per heavy atom. The van der Waals surface area contributed by atoms with Crippen LogP contribution in [0.15, 0.2) is 24.3 Å². The molecule has 0 aliphatic rings. The van der Waals surface area contributed by atoms with Crippen LogP contribution in [0.1, 0.15) is 142 Å². The average molecular weight is 479 g/mol. The minimum Gasteiger partial charge on any atom is -0.466 e. The summed E-state index contributed by atoms with van der Waals surface area (Å²) in [7, 11) is 0. The fourth-order valence-corrected chi connectivity index (χ4v) is 3.79. The summed E-state index contributed by atoms with van der Waals surface area (Å²) in [5.41, 5.74) is 0. The largest absolute Gasteiger partial charge is 0.466 e. The molecular weight excluding hydrogens is 424 g/mol. The molecule has 0 spiro atoms. The molecule has 34 heavy (non-hydrogen) atoms. The molecule has 4 nitrogen and oxygen atoms in total. The number of carbonyl (C=O) groups is 2. The van der Waals surface area contributed by atoms with Crippen molar-refractivity contribution in [1.29, 1.82) is 0 Å². The van der Waals surface area contributed by atoms with Gasteiger partial charge in [0.1, 0.15) is 0 Å². The van der Waals surface area contributed by atoms with E-state index in [1.165, 1.54) is 77.0 Å². The Morgan fingerprint density at radius 2 is 0.794 bits per heavy atom. The van der Waals surface area contributed by atoms with Gasteiger partial charge < -0.3 is 9.47 Å². The van der Waals surface area contributed by atoms with Crippen molar-refractivity contribution in [2.24, 2.45) is 0 Å². The van der Waals surface area contributed by atoms with Crippen molar-refractivity contribution in [2.75, 3.05) is 13.2 Å². The molecule has 0 aromatic carbocycles. The zero-order valence-electron chi connectivity index (χ0n) is 22.5. The first-order valence-corrected chi connectivity index (χ1v) is 14.3. The van der Waals surface area contributed by atoms with E-state index in [1.54, 1.807) is 0 Å². The Hall–Kier alpha value is -1.58. The molecule has 0 bridgehead atoms. The summed E-state index contributed by atoms with van der Waals surface area (Å²) in [6, 6.07) is 0. The van der Waals surface area contributed by atoms with Crippen LogP contribution in [0.25, 0.3) is 0 Å². The summed E-state index contributed by atoms with van der Waals surface area (Å²) in [6.07, 6.45) is 30.7. The number of unbranched alkanes of at least 4 members (excludes halogenated alkanes) is 14. The lowest BCUT2D eigenvalue weighted by Crippen LogP contribution is -2.11. The summed E-state index contributed by atoms with van der Waals surface area (Å²) in [5, 5.41) is 0. The third kappa shape index (κ3) is 26.7. The molecule has 0 atom stereocenters. The van der Waals surface area contributed by atoms with E-state index >= 15 is 0 Å². The topological polar surface area (TPSA) is 52.6 Å². The number of hydrogen-bond donors (Lipinski definition) is 0. The number of ether oxygens (including phenoxy) is 2. The number of allylic oxidation sites excluding steroid dienone is 4. The first kappa shape index (κ1) is 32.4. The second kappa shape index (κ2) is 27.7. The highest BCUT2D eigenvalue weighted by molar-refractivity contribution is 5.77. The molecule has 0 unspecified atom stereocenters. The van der Waals surface area contributed by atoms with E-state index < -0.39 is 0 Å². The van der Waals surface area contributed by atoms with Crippen molar-refractivity contribution in [3.8, 4) is 0 Å². The predicted molar refractivity (Wildman–Crippen MR) is 144 cm³/mol. The van der Waals surface area contributed by atoms with Gasteiger partial charge in [0, 0.05) is 0 Å². The van der Waals surface area contributed by atoms with Gasteiger partial charge >= 0.3 is 11.9 Å². The second-order valence-electron chi connectivity index (χ2n) is 9.23. The third-order valence-electron chi connectivity index (χ3n) is 5.89. The molecule has 0 aromatic heterocycles. The van der Waals surface area contributed by atoms with E-state index in [0.29, 0.717) is 13.2 Å². The van der Waals surface area contributed by atoms with Crippen LogP contribution in [-0.4, -0.2) is 25.2 Å². The Bertz CT molecular complexity index is 464. The molecular formula is C30H54O4. The fraction of sp³-hybridized carbons (Fsp3) is 0.800. The Morgan fingerprint density at radius 1 is 0.471 bits per heavy atom. The molecule has 198 valence electrons. The van der Waals surface area contributed by atoms with E-state index in [4.69, 9.17) is 9.47 Å². The highest BCUT2D eigenvalue weighted by Crippen LogP contribution is 2.11. The first-order valence-electron chi connectivity index (χ1n) is 14.3. The van der Waals surface area contributed by atoms with Crippen molar-refractivity contribution in [2.45, 2.75) is 142 Å². The van der Waals surface area contributed by atoms with Crippen molar-refractivity contribution in [3.05, 3.63) is 24.3 Å². The highest BCUT2D eigenvalue weighted by atomic mass is 16.5. The van der Waals surface area contributed by atoms with E-state index in [1.807, 2.05) is 0 Å². The standard InChI is InChI=1S/C30H54O4/c1-3-5-7-9-11-13-15-17-19-21-23-27-33-29(31)25-26-30(32)34-28-24-22-20-18-16-14-12-10-8-6-4-2/h5-8H,3-4,9-28H2,1-2H3/b7-5+,8-6+. The monoisotopic (exact) mass is 478 g/mol. The minimum atomic E-state index is -0.290. The van der Waals surface area contributed by atoms with Gasteiger partial charge in [-0.15, -0.1) is 0 Å². The highest BCUT2D eigenvalue weighted by Gasteiger charge is 2.09. The molecule has 0 saturated heterocycles. The lowest BCUT2D eigenvalue weighted by Gasteiger charge is -2.06. The molecule has 0 radical (unpaired) electrons. The molecule has 0 heterocycles. The number of rotatable bonds is 25. The summed E-state index contributed by atoms with van der Waals surface area (Å²) in [5.74, 6) is -0.579. The molecule has 0 N–H and O–H groups in total. The van der Waals surface area contributed by atoms with Crippen LogP contribution in [-0.2, 0) is 19.1 Å². The summed E-state index contributed by atoms with van der Waals surface area (Å²) in [6.45, 7) is 5.26. The first-order chi connectivity index (χ1) is 16.7. The Balaban J connectivity index is 3.33. The van der Waals surface area contributed by atoms with E-state index in [-0.39, 0.29) is 24.8 Å². The molecule has 4 heteroatoms. The van der Waals surface area contributed by atoms with Gasteiger partial charge in [0.25, 0.3) is 0 Å². The smallest absolute Gasteiger partial charge is 0.306 e. The summed E-state index contributed by atoms with van der Waals surface area (Å²) < 4.78 is 10.5. The van der Waals surface area contributed by atoms with Gasteiger partial charge in [-0.3, -0.25) is 9.59 Å². The molecule has 0 rings (SSSR count). The maximum atomic E-state index is 11.8. The van der Waals surface area contributed by atoms with Gasteiger partial charge in [-0.05, 0) is 51.4 Å². The number of esters is 2. The molecule has 0 aliphatic heterocycles. The normalized spacial score (nSPS) is 11.5. The fourth-order valence-electron chi connectivity index (χ4n) is 3.79. The van der Waals surface area contributed by atoms with Crippen LogP contribution in [0.2, 0.25) is 0 Å². The zero-order chi connectivity index (χ0) is 25.0. The van der Waals surface area contributed by atoms with Crippen LogP contribution in [0, 0.1) is 0 Å². The molecule has 0 saturated carbocycles. The lowest BCUT2D eigenvalue weighted by atomic mass is 10.1. The van der Waals surface area contributed by atoms with E-state index in [0.717, 1.165) is 38.5 Å². The second-order valence-corrected chi connectivity index (χ2v) is 9.23. The number of carbonyl (C=O) groups excluding carboxylic acids is 2. The SMILES string of the molecule is CC/C=C/CCCCCCCCCOC(=O)CCC(=O)OCCCCCCCCC/C=C/CC. The average Bonchev–Trinajstić information content (AvgIpc) is 2.84. The van der Waals surface area contributed by atoms with Gasteiger partial charge in [0.05, 0.1) is 26.1 Å². The van der Waals surface area contributed by atoms with Crippen LogP contribution in [0.5, 0.6) is 0 Å². The predicted octanol–water partition coefficient (Wildman–Crippen LogP) is 9.03. The van der Waals surface area contributed by atoms with Crippen LogP contribution in [0.3, 0.4) is 0 Å². The van der Waals surface area contributed by atoms with E-state index in [2.05, 4.69) is 38.2 Å². The van der Waals surface area contributed by atoms with Crippen molar-refractivity contribution in [3.63, 3.8) is 0 Å². The van der Waals surface area contributed by atoms with Crippen molar-refractivity contribution < 1.29 is 19.1 Å². The van der Waals surface area contributed by atoms with Crippen molar-refractivity contribution in [1.82, 2.24) is 0 Å². The van der Waals surface area contributed by atoms with Gasteiger partial charge in [0.2, 0.25) is 0 Å². The van der Waals surface area contributed by atoms with Crippen molar-refractivity contribution >= 4 is 11.9 Å². The van der Waals surface area contributed by atoms with Gasteiger partial charge in [0.15, 0.2) is 0 Å². The zero-order valence-corrected chi connectivity index (χ0v) is 22.5. The molecule has 0 aromatic rings. The Kier molecular flexibility index (Phi) is 26.4. The van der Waals surface area contributed by atoms with E-state index in [9.17, 15) is 9.59 Å². The van der Waals surface area contributed by atoms with Gasteiger partial charge in [-0.1, -0.05) is 102 Å². The maximum absolute atomic E-state index is 11.8. The van der Waals surface area contributed by atoms with Gasteiger partial charge in [-0.2, -0.15) is 0 Å². The molecule has 0 amide bonds. The molecule has 0 aliphatic carbocycles.